The van der Waals surface area contributed by atoms with Crippen molar-refractivity contribution in [3.8, 4) is 0 Å². The highest BCUT2D eigenvalue weighted by molar-refractivity contribution is 5.73. The molecule has 0 unspecified atom stereocenters. The first-order chi connectivity index (χ1) is 8.93. The molecule has 2 N–H and O–H groups in total. The van der Waals surface area contributed by atoms with Crippen LogP contribution in [0.25, 0.3) is 0 Å². The molecule has 2 aromatic rings. The van der Waals surface area contributed by atoms with Gasteiger partial charge in [-0.05, 0) is 51.0 Å². The van der Waals surface area contributed by atoms with Crippen LogP contribution in [-0.4, -0.2) is 16.8 Å². The topological polar surface area (TPSA) is 47.1 Å². The predicted octanol–water partition coefficient (Wildman–Crippen LogP) is 3.18. The van der Waals surface area contributed by atoms with Crippen molar-refractivity contribution < 1.29 is 0 Å². The van der Waals surface area contributed by atoms with Gasteiger partial charge in [0.25, 0.3) is 0 Å². The van der Waals surface area contributed by atoms with E-state index in [2.05, 4.69) is 49.0 Å². The van der Waals surface area contributed by atoms with Gasteiger partial charge in [-0.1, -0.05) is 6.07 Å². The van der Waals surface area contributed by atoms with Gasteiger partial charge in [-0.2, -0.15) is 5.10 Å². The molecule has 4 heteroatoms. The summed E-state index contributed by atoms with van der Waals surface area (Å²) < 4.78 is 1.95. The molecule has 1 aromatic heterocycles. The molecule has 0 fully saturated rings. The van der Waals surface area contributed by atoms with Crippen molar-refractivity contribution in [3.63, 3.8) is 0 Å². The van der Waals surface area contributed by atoms with Crippen LogP contribution in [0.3, 0.4) is 0 Å². The van der Waals surface area contributed by atoms with Crippen LogP contribution in [-0.2, 0) is 6.54 Å². The molecule has 1 heterocycles. The quantitative estimate of drug-likeness (QED) is 0.919. The molecule has 4 nitrogen and oxygen atoms in total. The predicted molar refractivity (Wildman–Crippen MR) is 81.0 cm³/mol. The Labute approximate surface area is 114 Å². The van der Waals surface area contributed by atoms with Gasteiger partial charge in [0.05, 0.1) is 11.4 Å². The molecule has 102 valence electrons. The summed E-state index contributed by atoms with van der Waals surface area (Å²) in [6.07, 6.45) is 0. The van der Waals surface area contributed by atoms with Gasteiger partial charge < -0.3 is 10.6 Å². The molecule has 0 aliphatic rings. The molecule has 0 aliphatic carbocycles. The van der Waals surface area contributed by atoms with E-state index in [0.717, 1.165) is 29.4 Å². The molecule has 0 atom stereocenters. The Morgan fingerprint density at radius 1 is 1.16 bits per heavy atom. The van der Waals surface area contributed by atoms with Crippen molar-refractivity contribution in [1.82, 2.24) is 9.78 Å². The van der Waals surface area contributed by atoms with Crippen molar-refractivity contribution in [3.05, 3.63) is 35.0 Å². The standard InChI is InChI=1S/C15H22N4/c1-6-19-15(14(16)12(4)17-19)18(5)13-8-10(2)7-11(3)9-13/h7-9H,6,16H2,1-5H3. The lowest BCUT2D eigenvalue weighted by Crippen LogP contribution is -2.16. The number of rotatable bonds is 3. The number of nitrogens with zero attached hydrogens (tertiary/aromatic N) is 3. The van der Waals surface area contributed by atoms with Crippen LogP contribution in [0.2, 0.25) is 0 Å². The lowest BCUT2D eigenvalue weighted by atomic mass is 10.1. The lowest BCUT2D eigenvalue weighted by molar-refractivity contribution is 0.652. The van der Waals surface area contributed by atoms with Gasteiger partial charge >= 0.3 is 0 Å². The molecule has 2 rings (SSSR count). The highest BCUT2D eigenvalue weighted by atomic mass is 15.4. The monoisotopic (exact) mass is 258 g/mol. The normalized spacial score (nSPS) is 10.8. The van der Waals surface area contributed by atoms with E-state index in [9.17, 15) is 0 Å². The first-order valence-electron chi connectivity index (χ1n) is 6.59. The number of anilines is 3. The number of nitrogens with two attached hydrogens (primary N) is 1. The van der Waals surface area contributed by atoms with Crippen molar-refractivity contribution in [2.75, 3.05) is 17.7 Å². The number of hydrogen-bond donors (Lipinski definition) is 1. The molecule has 0 spiro atoms. The maximum absolute atomic E-state index is 6.17. The van der Waals surface area contributed by atoms with Gasteiger partial charge in [0.1, 0.15) is 0 Å². The summed E-state index contributed by atoms with van der Waals surface area (Å²) in [4.78, 5) is 2.11. The van der Waals surface area contributed by atoms with Crippen molar-refractivity contribution in [2.45, 2.75) is 34.2 Å². The van der Waals surface area contributed by atoms with Crippen LogP contribution in [0.1, 0.15) is 23.7 Å². The minimum atomic E-state index is 0.753. The average molecular weight is 258 g/mol. The minimum Gasteiger partial charge on any atom is -0.394 e. The van der Waals surface area contributed by atoms with E-state index in [1.54, 1.807) is 0 Å². The minimum absolute atomic E-state index is 0.753. The molecule has 0 aliphatic heterocycles. The Bertz CT molecular complexity index is 578. The molecule has 1 aromatic carbocycles. The third-order valence-corrected chi connectivity index (χ3v) is 3.36. The van der Waals surface area contributed by atoms with Crippen LogP contribution >= 0.6 is 0 Å². The summed E-state index contributed by atoms with van der Waals surface area (Å²) in [6, 6.07) is 6.49. The highest BCUT2D eigenvalue weighted by Gasteiger charge is 2.17. The summed E-state index contributed by atoms with van der Waals surface area (Å²) in [5.74, 6) is 0.963. The second kappa shape index (κ2) is 4.96. The molecule has 0 saturated carbocycles. The maximum Gasteiger partial charge on any atom is 0.154 e. The SMILES string of the molecule is CCn1nc(C)c(N)c1N(C)c1cc(C)cc(C)c1. The summed E-state index contributed by atoms with van der Waals surface area (Å²) in [7, 11) is 2.03. The zero-order valence-corrected chi connectivity index (χ0v) is 12.4. The van der Waals surface area contributed by atoms with Crippen LogP contribution in [0.5, 0.6) is 0 Å². The number of benzene rings is 1. The Kier molecular flexibility index (Phi) is 3.51. The van der Waals surface area contributed by atoms with Gasteiger partial charge in [0, 0.05) is 19.3 Å². The molecule has 19 heavy (non-hydrogen) atoms. The zero-order chi connectivity index (χ0) is 14.2. The van der Waals surface area contributed by atoms with E-state index in [0.29, 0.717) is 0 Å². The third kappa shape index (κ3) is 2.43. The summed E-state index contributed by atoms with van der Waals surface area (Å²) in [5, 5.41) is 4.47. The van der Waals surface area contributed by atoms with Crippen molar-refractivity contribution in [1.29, 1.82) is 0 Å². The maximum atomic E-state index is 6.17. The number of aromatic nitrogens is 2. The van der Waals surface area contributed by atoms with Gasteiger partial charge in [-0.3, -0.25) is 0 Å². The summed E-state index contributed by atoms with van der Waals surface area (Å²) >= 11 is 0. The number of aryl methyl sites for hydroxylation is 4. The zero-order valence-electron chi connectivity index (χ0n) is 12.4. The lowest BCUT2D eigenvalue weighted by Gasteiger charge is -2.22. The van der Waals surface area contributed by atoms with E-state index < -0.39 is 0 Å². The molecular weight excluding hydrogens is 236 g/mol. The summed E-state index contributed by atoms with van der Waals surface area (Å²) in [6.45, 7) is 9.04. The fourth-order valence-electron chi connectivity index (χ4n) is 2.42. The van der Waals surface area contributed by atoms with E-state index in [-0.39, 0.29) is 0 Å². The largest absolute Gasteiger partial charge is 0.394 e. The first kappa shape index (κ1) is 13.5. The fourth-order valence-corrected chi connectivity index (χ4v) is 2.42. The summed E-state index contributed by atoms with van der Waals surface area (Å²) in [5.41, 5.74) is 11.4. The third-order valence-electron chi connectivity index (χ3n) is 3.36. The van der Waals surface area contributed by atoms with Crippen LogP contribution < -0.4 is 10.6 Å². The van der Waals surface area contributed by atoms with E-state index >= 15 is 0 Å². The molecule has 0 bridgehead atoms. The second-order valence-electron chi connectivity index (χ2n) is 5.04. The Hall–Kier alpha value is -1.97. The van der Waals surface area contributed by atoms with Crippen molar-refractivity contribution in [2.24, 2.45) is 0 Å². The first-order valence-corrected chi connectivity index (χ1v) is 6.59. The van der Waals surface area contributed by atoms with E-state index in [1.807, 2.05) is 18.7 Å². The van der Waals surface area contributed by atoms with Gasteiger partial charge in [0.15, 0.2) is 5.82 Å². The van der Waals surface area contributed by atoms with Gasteiger partial charge in [-0.15, -0.1) is 0 Å². The Morgan fingerprint density at radius 2 is 1.74 bits per heavy atom. The highest BCUT2D eigenvalue weighted by Crippen LogP contribution is 2.32. The second-order valence-corrected chi connectivity index (χ2v) is 5.04. The smallest absolute Gasteiger partial charge is 0.154 e. The van der Waals surface area contributed by atoms with E-state index in [1.165, 1.54) is 11.1 Å². The van der Waals surface area contributed by atoms with E-state index in [4.69, 9.17) is 5.73 Å². The van der Waals surface area contributed by atoms with Crippen LogP contribution in [0.15, 0.2) is 18.2 Å². The Morgan fingerprint density at radius 3 is 2.26 bits per heavy atom. The molecular formula is C15H22N4. The van der Waals surface area contributed by atoms with Gasteiger partial charge in [-0.25, -0.2) is 4.68 Å². The average Bonchev–Trinajstić information content (AvgIpc) is 2.63. The van der Waals surface area contributed by atoms with Crippen molar-refractivity contribution >= 4 is 17.2 Å². The Balaban J connectivity index is 2.52. The van der Waals surface area contributed by atoms with Crippen LogP contribution in [0.4, 0.5) is 17.2 Å². The molecule has 0 radical (unpaired) electrons. The fraction of sp³-hybridized carbons (Fsp3) is 0.400. The number of hydrogen-bond acceptors (Lipinski definition) is 3. The van der Waals surface area contributed by atoms with Crippen LogP contribution in [0, 0.1) is 20.8 Å². The molecule has 0 saturated heterocycles. The van der Waals surface area contributed by atoms with Gasteiger partial charge in [0.2, 0.25) is 0 Å². The molecule has 0 amide bonds. The number of nitrogen functional groups attached to an aromatic ring is 1.